The molecule has 0 aliphatic carbocycles. The number of aromatic amines is 1. The number of aromatic nitrogens is 2. The van der Waals surface area contributed by atoms with Crippen LogP contribution >= 0.6 is 0 Å². The number of hydrogen-bond donors (Lipinski definition) is 2. The van der Waals surface area contributed by atoms with Crippen molar-refractivity contribution in [2.24, 2.45) is 0 Å². The number of nitrogens with zero attached hydrogens (tertiary/aromatic N) is 2. The molecule has 7 nitrogen and oxygen atoms in total. The highest BCUT2D eigenvalue weighted by Crippen LogP contribution is 2.37. The molecule has 2 N–H and O–H groups in total. The van der Waals surface area contributed by atoms with Gasteiger partial charge in [0.1, 0.15) is 17.2 Å². The summed E-state index contributed by atoms with van der Waals surface area (Å²) in [5, 5.41) is 10.4. The number of benzene rings is 2. The van der Waals surface area contributed by atoms with Gasteiger partial charge in [-0.05, 0) is 18.6 Å². The molecule has 156 valence electrons. The second kappa shape index (κ2) is 8.41. The van der Waals surface area contributed by atoms with Crippen molar-refractivity contribution in [3.63, 3.8) is 0 Å². The lowest BCUT2D eigenvalue weighted by atomic mass is 10.1. The predicted octanol–water partition coefficient (Wildman–Crippen LogP) is 4.31. The molecule has 1 unspecified atom stereocenters. The molecule has 30 heavy (non-hydrogen) atoms. The number of methoxy groups -OCH3 is 3. The van der Waals surface area contributed by atoms with E-state index in [1.165, 1.54) is 0 Å². The Morgan fingerprint density at radius 3 is 2.47 bits per heavy atom. The number of H-pyrrole nitrogens is 1. The van der Waals surface area contributed by atoms with Gasteiger partial charge in [-0.3, -0.25) is 5.10 Å². The predicted molar refractivity (Wildman–Crippen MR) is 119 cm³/mol. The minimum Gasteiger partial charge on any atom is -0.497 e. The minimum absolute atomic E-state index is 0.112. The third-order valence-electron chi connectivity index (χ3n) is 5.39. The van der Waals surface area contributed by atoms with Crippen molar-refractivity contribution >= 4 is 11.4 Å². The molecule has 0 radical (unpaired) electrons. The summed E-state index contributed by atoms with van der Waals surface area (Å²) in [6, 6.07) is 12.1. The van der Waals surface area contributed by atoms with Gasteiger partial charge in [0.2, 0.25) is 0 Å². The molecular weight excluding hydrogens is 380 g/mol. The maximum Gasteiger partial charge on any atom is 0.128 e. The van der Waals surface area contributed by atoms with Crippen LogP contribution in [0.4, 0.5) is 11.4 Å². The first-order valence-corrected chi connectivity index (χ1v) is 9.76. The van der Waals surface area contributed by atoms with Crippen LogP contribution in [0, 0.1) is 0 Å². The van der Waals surface area contributed by atoms with E-state index in [0.717, 1.165) is 58.4 Å². The number of rotatable bonds is 7. The van der Waals surface area contributed by atoms with Crippen LogP contribution in [0.5, 0.6) is 17.2 Å². The number of hydrogen-bond acceptors (Lipinski definition) is 6. The van der Waals surface area contributed by atoms with Crippen LogP contribution in [-0.2, 0) is 0 Å². The Kier molecular flexibility index (Phi) is 5.52. The monoisotopic (exact) mass is 406 g/mol. The molecule has 0 bridgehead atoms. The molecule has 1 aliphatic heterocycles. The van der Waals surface area contributed by atoms with Crippen molar-refractivity contribution in [2.75, 3.05) is 38.1 Å². The molecule has 0 spiro atoms. The summed E-state index contributed by atoms with van der Waals surface area (Å²) in [6.07, 6.45) is 4.58. The molecule has 1 fully saturated rings. The standard InChI is InChI=1S/C23H26N4O3/c1-15-22(26-17-9-19(28-2)12-20(10-17)29-3)7-8-27(15)18-5-6-21(23(11-18)30-4)16-13-24-25-14-16/h5-6,9-14,22,26H,1,7-8H2,2-4H3,(H,24,25). The zero-order chi connectivity index (χ0) is 21.1. The summed E-state index contributed by atoms with van der Waals surface area (Å²) in [7, 11) is 4.98. The zero-order valence-electron chi connectivity index (χ0n) is 17.4. The van der Waals surface area contributed by atoms with Gasteiger partial charge in [0.15, 0.2) is 0 Å². The van der Waals surface area contributed by atoms with Crippen molar-refractivity contribution in [3.05, 3.63) is 61.1 Å². The number of anilines is 2. The maximum absolute atomic E-state index is 5.64. The van der Waals surface area contributed by atoms with Gasteiger partial charge in [0.05, 0.1) is 33.6 Å². The van der Waals surface area contributed by atoms with Crippen LogP contribution in [0.3, 0.4) is 0 Å². The van der Waals surface area contributed by atoms with E-state index in [4.69, 9.17) is 14.2 Å². The van der Waals surface area contributed by atoms with E-state index >= 15 is 0 Å². The van der Waals surface area contributed by atoms with Crippen molar-refractivity contribution in [1.82, 2.24) is 10.2 Å². The Balaban J connectivity index is 1.54. The van der Waals surface area contributed by atoms with Crippen LogP contribution in [-0.4, -0.2) is 44.1 Å². The summed E-state index contributed by atoms with van der Waals surface area (Å²) in [4.78, 5) is 2.22. The van der Waals surface area contributed by atoms with Gasteiger partial charge in [-0.15, -0.1) is 0 Å². The molecule has 0 saturated carbocycles. The Morgan fingerprint density at radius 2 is 1.83 bits per heavy atom. The average Bonchev–Trinajstić information content (AvgIpc) is 3.43. The summed E-state index contributed by atoms with van der Waals surface area (Å²) < 4.78 is 16.4. The number of ether oxygens (including phenoxy) is 3. The van der Waals surface area contributed by atoms with Crippen molar-refractivity contribution in [2.45, 2.75) is 12.5 Å². The van der Waals surface area contributed by atoms with E-state index in [-0.39, 0.29) is 6.04 Å². The first kappa shape index (κ1) is 19.7. The fourth-order valence-corrected chi connectivity index (χ4v) is 3.78. The van der Waals surface area contributed by atoms with Gasteiger partial charge < -0.3 is 24.4 Å². The Bertz CT molecular complexity index is 1010. The van der Waals surface area contributed by atoms with Gasteiger partial charge in [0, 0.05) is 65.2 Å². The first-order chi connectivity index (χ1) is 14.6. The van der Waals surface area contributed by atoms with Crippen LogP contribution < -0.4 is 24.4 Å². The summed E-state index contributed by atoms with van der Waals surface area (Å²) in [5.74, 6) is 2.30. The molecular formula is C23H26N4O3. The summed E-state index contributed by atoms with van der Waals surface area (Å²) in [5.41, 5.74) is 4.99. The smallest absolute Gasteiger partial charge is 0.128 e. The largest absolute Gasteiger partial charge is 0.497 e. The van der Waals surface area contributed by atoms with E-state index in [2.05, 4.69) is 39.1 Å². The van der Waals surface area contributed by atoms with E-state index in [0.29, 0.717) is 0 Å². The molecule has 3 aromatic rings. The average molecular weight is 406 g/mol. The molecule has 0 amide bonds. The molecule has 1 aromatic heterocycles. The molecule has 1 aliphatic rings. The minimum atomic E-state index is 0.112. The summed E-state index contributed by atoms with van der Waals surface area (Å²) >= 11 is 0. The Morgan fingerprint density at radius 1 is 1.07 bits per heavy atom. The Hall–Kier alpha value is -3.61. The normalized spacial score (nSPS) is 15.9. The molecule has 2 heterocycles. The third kappa shape index (κ3) is 3.78. The second-order valence-electron chi connectivity index (χ2n) is 7.10. The van der Waals surface area contributed by atoms with Crippen LogP contribution in [0.25, 0.3) is 11.1 Å². The lowest BCUT2D eigenvalue weighted by Gasteiger charge is -2.23. The molecule has 4 rings (SSSR count). The first-order valence-electron chi connectivity index (χ1n) is 9.76. The van der Waals surface area contributed by atoms with E-state index in [1.54, 1.807) is 27.5 Å². The van der Waals surface area contributed by atoms with Crippen LogP contribution in [0.2, 0.25) is 0 Å². The fourth-order valence-electron chi connectivity index (χ4n) is 3.78. The van der Waals surface area contributed by atoms with Gasteiger partial charge in [0.25, 0.3) is 0 Å². The van der Waals surface area contributed by atoms with Gasteiger partial charge in [-0.25, -0.2) is 0 Å². The molecule has 1 atom stereocenters. The highest BCUT2D eigenvalue weighted by Gasteiger charge is 2.28. The molecule has 7 heteroatoms. The zero-order valence-corrected chi connectivity index (χ0v) is 17.4. The Labute approximate surface area is 176 Å². The number of nitrogens with one attached hydrogen (secondary N) is 2. The maximum atomic E-state index is 5.64. The lowest BCUT2D eigenvalue weighted by molar-refractivity contribution is 0.394. The second-order valence-corrected chi connectivity index (χ2v) is 7.10. The van der Waals surface area contributed by atoms with Crippen molar-refractivity contribution in [3.8, 4) is 28.4 Å². The van der Waals surface area contributed by atoms with Crippen LogP contribution in [0.15, 0.2) is 61.1 Å². The van der Waals surface area contributed by atoms with Gasteiger partial charge in [-0.1, -0.05) is 6.58 Å². The van der Waals surface area contributed by atoms with Crippen molar-refractivity contribution in [1.29, 1.82) is 0 Å². The highest BCUT2D eigenvalue weighted by atomic mass is 16.5. The molecule has 2 aromatic carbocycles. The van der Waals surface area contributed by atoms with E-state index in [9.17, 15) is 0 Å². The summed E-state index contributed by atoms with van der Waals surface area (Å²) in [6.45, 7) is 5.21. The quantitative estimate of drug-likeness (QED) is 0.609. The SMILES string of the molecule is C=C1C(Nc2cc(OC)cc(OC)c2)CCN1c1ccc(-c2cn[nH]c2)c(OC)c1. The molecule has 1 saturated heterocycles. The third-order valence-corrected chi connectivity index (χ3v) is 5.39. The van der Waals surface area contributed by atoms with Gasteiger partial charge >= 0.3 is 0 Å². The van der Waals surface area contributed by atoms with Gasteiger partial charge in [-0.2, -0.15) is 5.10 Å². The highest BCUT2D eigenvalue weighted by molar-refractivity contribution is 5.74. The lowest BCUT2D eigenvalue weighted by Crippen LogP contribution is -2.23. The van der Waals surface area contributed by atoms with Crippen LogP contribution in [0.1, 0.15) is 6.42 Å². The van der Waals surface area contributed by atoms with E-state index in [1.807, 2.05) is 30.5 Å². The topological polar surface area (TPSA) is 71.6 Å². The van der Waals surface area contributed by atoms with E-state index < -0.39 is 0 Å². The van der Waals surface area contributed by atoms with Crippen molar-refractivity contribution < 1.29 is 14.2 Å². The fraction of sp³-hybridized carbons (Fsp3) is 0.261.